The zero-order valence-electron chi connectivity index (χ0n) is 5.95. The number of nitrogens with zero attached hydrogens (tertiary/aromatic N) is 1. The molecular formula is C8H8N2O. The number of allylic oxidation sites excluding steroid dienone is 2. The van der Waals surface area contributed by atoms with Gasteiger partial charge in [-0.15, -0.1) is 0 Å². The van der Waals surface area contributed by atoms with E-state index in [2.05, 4.69) is 10.3 Å². The number of hydrogen-bond donors (Lipinski definition) is 1. The number of nitrogens with one attached hydrogen (secondary N) is 1. The summed E-state index contributed by atoms with van der Waals surface area (Å²) in [5, 5.41) is 2.55. The van der Waals surface area contributed by atoms with E-state index in [0.717, 1.165) is 12.0 Å². The van der Waals surface area contributed by atoms with Gasteiger partial charge < -0.3 is 5.32 Å². The lowest BCUT2D eigenvalue weighted by atomic mass is 9.98. The van der Waals surface area contributed by atoms with Gasteiger partial charge in [-0.05, 0) is 6.42 Å². The summed E-state index contributed by atoms with van der Waals surface area (Å²) < 4.78 is 0. The molecule has 0 aromatic rings. The Morgan fingerprint density at radius 2 is 2.55 bits per heavy atom. The summed E-state index contributed by atoms with van der Waals surface area (Å²) in [7, 11) is 0. The van der Waals surface area contributed by atoms with Crippen molar-refractivity contribution in [2.24, 2.45) is 4.99 Å². The van der Waals surface area contributed by atoms with Crippen molar-refractivity contribution in [1.82, 2.24) is 5.32 Å². The van der Waals surface area contributed by atoms with Gasteiger partial charge in [0.2, 0.25) is 0 Å². The summed E-state index contributed by atoms with van der Waals surface area (Å²) in [6.45, 7) is 0. The topological polar surface area (TPSA) is 41.5 Å². The van der Waals surface area contributed by atoms with Gasteiger partial charge in [-0.3, -0.25) is 9.79 Å². The molecule has 0 bridgehead atoms. The average molecular weight is 148 g/mol. The molecule has 56 valence electrons. The second-order valence-corrected chi connectivity index (χ2v) is 2.55. The molecule has 1 N–H and O–H groups in total. The van der Waals surface area contributed by atoms with Gasteiger partial charge >= 0.3 is 0 Å². The summed E-state index contributed by atoms with van der Waals surface area (Å²) in [5.74, 6) is -0.0191. The van der Waals surface area contributed by atoms with Gasteiger partial charge in [0.1, 0.15) is 0 Å². The molecule has 1 amide bonds. The Labute approximate surface area is 64.5 Å². The second kappa shape index (κ2) is 2.34. The first-order valence-corrected chi connectivity index (χ1v) is 3.57. The second-order valence-electron chi connectivity index (χ2n) is 2.55. The number of hydrogen-bond acceptors (Lipinski definition) is 2. The van der Waals surface area contributed by atoms with Crippen molar-refractivity contribution < 1.29 is 4.79 Å². The third kappa shape index (κ3) is 0.981. The number of aliphatic imine (C=N–C) groups is 1. The highest BCUT2D eigenvalue weighted by Gasteiger charge is 2.22. The van der Waals surface area contributed by atoms with Crippen molar-refractivity contribution >= 4 is 12.2 Å². The highest BCUT2D eigenvalue weighted by atomic mass is 16.1. The van der Waals surface area contributed by atoms with Crippen molar-refractivity contribution in [2.75, 3.05) is 0 Å². The minimum absolute atomic E-state index is 0.0191. The van der Waals surface area contributed by atoms with Crippen LogP contribution in [-0.4, -0.2) is 18.3 Å². The zero-order valence-corrected chi connectivity index (χ0v) is 5.95. The molecule has 11 heavy (non-hydrogen) atoms. The van der Waals surface area contributed by atoms with E-state index in [1.54, 1.807) is 0 Å². The maximum Gasteiger partial charge on any atom is 0.254 e. The molecule has 1 atom stereocenters. The molecule has 3 heteroatoms. The van der Waals surface area contributed by atoms with Crippen LogP contribution >= 0.6 is 0 Å². The van der Waals surface area contributed by atoms with Gasteiger partial charge in [0.15, 0.2) is 0 Å². The lowest BCUT2D eigenvalue weighted by Gasteiger charge is -2.19. The first-order valence-electron chi connectivity index (χ1n) is 3.57. The van der Waals surface area contributed by atoms with Crippen molar-refractivity contribution in [3.63, 3.8) is 0 Å². The van der Waals surface area contributed by atoms with E-state index in [0.29, 0.717) is 0 Å². The van der Waals surface area contributed by atoms with Crippen molar-refractivity contribution in [3.8, 4) is 0 Å². The van der Waals surface area contributed by atoms with Crippen LogP contribution in [0.2, 0.25) is 0 Å². The molecule has 0 aromatic heterocycles. The van der Waals surface area contributed by atoms with Crippen LogP contribution in [0.25, 0.3) is 0 Å². The molecule has 0 radical (unpaired) electrons. The normalized spacial score (nSPS) is 27.5. The summed E-state index contributed by atoms with van der Waals surface area (Å²) in [6, 6.07) is 0.0637. The number of amides is 1. The Bertz CT molecular complexity index is 276. The molecule has 0 spiro atoms. The monoisotopic (exact) mass is 148 g/mol. The number of carbonyl (C=O) groups excluding carboxylic acids is 1. The smallest absolute Gasteiger partial charge is 0.254 e. The van der Waals surface area contributed by atoms with E-state index in [1.807, 2.05) is 18.2 Å². The molecule has 3 nitrogen and oxygen atoms in total. The number of carbonyl (C=O) groups is 1. The molecular weight excluding hydrogens is 140 g/mol. The zero-order chi connectivity index (χ0) is 7.68. The largest absolute Gasteiger partial charge is 0.313 e. The molecule has 0 fully saturated rings. The van der Waals surface area contributed by atoms with Gasteiger partial charge in [0.05, 0.1) is 12.4 Å². The molecule has 1 heterocycles. The molecule has 1 aliphatic heterocycles. The highest BCUT2D eigenvalue weighted by molar-refractivity contribution is 6.03. The van der Waals surface area contributed by atoms with Crippen LogP contribution in [0.5, 0.6) is 0 Å². The lowest BCUT2D eigenvalue weighted by molar-refractivity contribution is -0.116. The minimum Gasteiger partial charge on any atom is -0.313 e. The Hall–Kier alpha value is -1.38. The third-order valence-electron chi connectivity index (χ3n) is 1.84. The van der Waals surface area contributed by atoms with E-state index in [1.165, 1.54) is 6.34 Å². The molecule has 1 unspecified atom stereocenters. The molecule has 0 saturated heterocycles. The lowest BCUT2D eigenvalue weighted by Crippen LogP contribution is -2.34. The fraction of sp³-hybridized carbons (Fsp3) is 0.250. The maximum atomic E-state index is 11.1. The van der Waals surface area contributed by atoms with E-state index in [9.17, 15) is 4.79 Å². The van der Waals surface area contributed by atoms with Crippen LogP contribution in [0.3, 0.4) is 0 Å². The standard InChI is InChI=1S/C8H8N2O/c11-8-6-3-1-2-4-7(6)9-5-10-8/h1-3,5,7H,4H2,(H,9,10,11). The Morgan fingerprint density at radius 1 is 1.64 bits per heavy atom. The molecule has 1 aliphatic carbocycles. The van der Waals surface area contributed by atoms with Crippen LogP contribution in [-0.2, 0) is 4.79 Å². The molecule has 2 rings (SSSR count). The van der Waals surface area contributed by atoms with Gasteiger partial charge in [-0.2, -0.15) is 0 Å². The van der Waals surface area contributed by atoms with E-state index in [4.69, 9.17) is 0 Å². The predicted octanol–water partition coefficient (Wildman–Crippen LogP) is 0.399. The third-order valence-corrected chi connectivity index (χ3v) is 1.84. The fourth-order valence-corrected chi connectivity index (χ4v) is 1.25. The van der Waals surface area contributed by atoms with Crippen LogP contribution < -0.4 is 5.32 Å². The van der Waals surface area contributed by atoms with Gasteiger partial charge in [0, 0.05) is 5.57 Å². The molecule has 0 aromatic carbocycles. The van der Waals surface area contributed by atoms with Crippen molar-refractivity contribution in [3.05, 3.63) is 23.8 Å². The average Bonchev–Trinajstić information content (AvgIpc) is 2.06. The van der Waals surface area contributed by atoms with Crippen molar-refractivity contribution in [1.29, 1.82) is 0 Å². The molecule has 2 aliphatic rings. The Kier molecular flexibility index (Phi) is 1.35. The van der Waals surface area contributed by atoms with Gasteiger partial charge in [0.25, 0.3) is 5.91 Å². The minimum atomic E-state index is -0.0191. The quantitative estimate of drug-likeness (QED) is 0.530. The summed E-state index contributed by atoms with van der Waals surface area (Å²) in [5.41, 5.74) is 0.773. The SMILES string of the molecule is O=C1NC=NC2CC=CC=C12. The van der Waals surface area contributed by atoms with Crippen LogP contribution in [0.4, 0.5) is 0 Å². The highest BCUT2D eigenvalue weighted by Crippen LogP contribution is 2.17. The van der Waals surface area contributed by atoms with E-state index < -0.39 is 0 Å². The predicted molar refractivity (Wildman–Crippen MR) is 42.3 cm³/mol. The van der Waals surface area contributed by atoms with Crippen LogP contribution in [0, 0.1) is 0 Å². The number of fused-ring (bicyclic) bond motifs is 1. The van der Waals surface area contributed by atoms with Gasteiger partial charge in [-0.25, -0.2) is 0 Å². The molecule has 0 saturated carbocycles. The van der Waals surface area contributed by atoms with Gasteiger partial charge in [-0.1, -0.05) is 18.2 Å². The van der Waals surface area contributed by atoms with Crippen molar-refractivity contribution in [2.45, 2.75) is 12.5 Å². The first-order chi connectivity index (χ1) is 5.38. The summed E-state index contributed by atoms with van der Waals surface area (Å²) in [4.78, 5) is 15.2. The maximum absolute atomic E-state index is 11.1. The summed E-state index contributed by atoms with van der Waals surface area (Å²) in [6.07, 6.45) is 8.05. The van der Waals surface area contributed by atoms with E-state index >= 15 is 0 Å². The Morgan fingerprint density at radius 3 is 3.36 bits per heavy atom. The van der Waals surface area contributed by atoms with Crippen LogP contribution in [0.15, 0.2) is 28.8 Å². The Balaban J connectivity index is 2.38. The fourth-order valence-electron chi connectivity index (χ4n) is 1.25. The van der Waals surface area contributed by atoms with Crippen LogP contribution in [0.1, 0.15) is 6.42 Å². The summed E-state index contributed by atoms with van der Waals surface area (Å²) >= 11 is 0. The number of rotatable bonds is 0. The first kappa shape index (κ1) is 6.34. The van der Waals surface area contributed by atoms with E-state index in [-0.39, 0.29) is 11.9 Å².